The first-order valence-electron chi connectivity index (χ1n) is 6.65. The van der Waals surface area contributed by atoms with E-state index in [9.17, 15) is 9.59 Å². The maximum atomic E-state index is 11.9. The fourth-order valence-electron chi connectivity index (χ4n) is 1.57. The zero-order valence-corrected chi connectivity index (χ0v) is 13.4. The molecule has 0 radical (unpaired) electrons. The van der Waals surface area contributed by atoms with E-state index < -0.39 is 5.54 Å². The third kappa shape index (κ3) is 7.42. The average molecular weight is 290 g/mol. The monoisotopic (exact) mass is 290 g/mol. The van der Waals surface area contributed by atoms with Crippen LogP contribution in [-0.2, 0) is 14.3 Å². The summed E-state index contributed by atoms with van der Waals surface area (Å²) in [6, 6.07) is 0.137. The Hall–Kier alpha value is -0.750. The maximum absolute atomic E-state index is 11.9. The molecule has 0 aromatic rings. The van der Waals surface area contributed by atoms with E-state index >= 15 is 0 Å². The molecule has 0 aliphatic heterocycles. The molecule has 0 aliphatic carbocycles. The largest absolute Gasteiger partial charge is 0.465 e. The zero-order valence-electron chi connectivity index (χ0n) is 12.5. The lowest BCUT2D eigenvalue weighted by molar-refractivity contribution is -0.149. The van der Waals surface area contributed by atoms with Crippen molar-refractivity contribution in [2.24, 2.45) is 0 Å². The van der Waals surface area contributed by atoms with Crippen molar-refractivity contribution < 1.29 is 14.3 Å². The highest BCUT2D eigenvalue weighted by atomic mass is 32.2. The summed E-state index contributed by atoms with van der Waals surface area (Å²) in [6.45, 7) is 10.4. The van der Waals surface area contributed by atoms with Gasteiger partial charge in [-0.1, -0.05) is 6.92 Å². The van der Waals surface area contributed by atoms with Gasteiger partial charge in [0.05, 0.1) is 12.4 Å². The van der Waals surface area contributed by atoms with Crippen LogP contribution in [0.15, 0.2) is 0 Å². The topological polar surface area (TPSA) is 67.4 Å². The molecule has 0 spiro atoms. The highest BCUT2D eigenvalue weighted by Gasteiger charge is 2.33. The number of carbonyl (C=O) groups excluding carboxylic acids is 2. The Morgan fingerprint density at radius 3 is 2.42 bits per heavy atom. The molecule has 6 heteroatoms. The normalized spacial score (nSPS) is 14.0. The van der Waals surface area contributed by atoms with Gasteiger partial charge in [0.25, 0.3) is 0 Å². The van der Waals surface area contributed by atoms with Crippen LogP contribution in [-0.4, -0.2) is 48.1 Å². The van der Waals surface area contributed by atoms with Crippen molar-refractivity contribution in [2.45, 2.75) is 46.2 Å². The molecule has 1 amide bonds. The number of likely N-dealkylation sites (N-methyl/N-ethyl adjacent to an activating group) is 1. The summed E-state index contributed by atoms with van der Waals surface area (Å²) >= 11 is 1.43. The number of hydrogen-bond acceptors (Lipinski definition) is 5. The Labute approximate surface area is 120 Å². The van der Waals surface area contributed by atoms with E-state index in [0.717, 1.165) is 0 Å². The molecular formula is C13H26N2O3S. The lowest BCUT2D eigenvalue weighted by atomic mass is 10.1. The average Bonchev–Trinajstić information content (AvgIpc) is 2.28. The standard InChI is InChI=1S/C13H26N2O3S/c1-6-14-13(5,12(17)18-7-2)9-19-8-11(16)15-10(3)4/h10,14H,6-9H2,1-5H3,(H,15,16). The smallest absolute Gasteiger partial charge is 0.326 e. The molecule has 0 saturated heterocycles. The third-order valence-electron chi connectivity index (χ3n) is 2.37. The summed E-state index contributed by atoms with van der Waals surface area (Å²) in [7, 11) is 0. The van der Waals surface area contributed by atoms with Gasteiger partial charge in [-0.15, -0.1) is 11.8 Å². The van der Waals surface area contributed by atoms with Gasteiger partial charge in [-0.25, -0.2) is 0 Å². The summed E-state index contributed by atoms with van der Waals surface area (Å²) in [5, 5.41) is 5.95. The number of rotatable bonds is 9. The summed E-state index contributed by atoms with van der Waals surface area (Å²) in [5.74, 6) is 0.570. The number of thioether (sulfide) groups is 1. The predicted molar refractivity (Wildman–Crippen MR) is 79.3 cm³/mol. The van der Waals surface area contributed by atoms with Crippen LogP contribution in [0.3, 0.4) is 0 Å². The molecule has 1 unspecified atom stereocenters. The van der Waals surface area contributed by atoms with Gasteiger partial charge in [0.1, 0.15) is 5.54 Å². The van der Waals surface area contributed by atoms with Crippen LogP contribution in [0.1, 0.15) is 34.6 Å². The second-order valence-electron chi connectivity index (χ2n) is 4.80. The molecule has 0 saturated carbocycles. The minimum atomic E-state index is -0.743. The van der Waals surface area contributed by atoms with Gasteiger partial charge < -0.3 is 15.4 Å². The number of carbonyl (C=O) groups is 2. The van der Waals surface area contributed by atoms with Crippen molar-refractivity contribution in [2.75, 3.05) is 24.7 Å². The first kappa shape index (κ1) is 18.2. The van der Waals surface area contributed by atoms with Crippen LogP contribution in [0.5, 0.6) is 0 Å². The van der Waals surface area contributed by atoms with Crippen molar-refractivity contribution in [3.8, 4) is 0 Å². The van der Waals surface area contributed by atoms with Crippen molar-refractivity contribution in [1.29, 1.82) is 0 Å². The molecule has 0 rings (SSSR count). The third-order valence-corrected chi connectivity index (χ3v) is 3.61. The van der Waals surface area contributed by atoms with Crippen molar-refractivity contribution >= 4 is 23.6 Å². The van der Waals surface area contributed by atoms with Gasteiger partial charge in [-0.3, -0.25) is 9.59 Å². The van der Waals surface area contributed by atoms with Crippen LogP contribution < -0.4 is 10.6 Å². The van der Waals surface area contributed by atoms with E-state index in [4.69, 9.17) is 4.74 Å². The Bertz CT molecular complexity index is 298. The number of esters is 1. The Morgan fingerprint density at radius 2 is 1.95 bits per heavy atom. The molecule has 19 heavy (non-hydrogen) atoms. The minimum absolute atomic E-state index is 0.0114. The fraction of sp³-hybridized carbons (Fsp3) is 0.846. The van der Waals surface area contributed by atoms with Gasteiger partial charge >= 0.3 is 5.97 Å². The molecule has 0 fully saturated rings. The fourth-order valence-corrected chi connectivity index (χ4v) is 2.57. The molecular weight excluding hydrogens is 264 g/mol. The first-order valence-corrected chi connectivity index (χ1v) is 7.80. The molecule has 0 aromatic heterocycles. The molecule has 2 N–H and O–H groups in total. The van der Waals surface area contributed by atoms with Gasteiger partial charge in [0, 0.05) is 11.8 Å². The molecule has 0 heterocycles. The van der Waals surface area contributed by atoms with E-state index in [1.165, 1.54) is 11.8 Å². The van der Waals surface area contributed by atoms with E-state index in [1.807, 2.05) is 27.7 Å². The van der Waals surface area contributed by atoms with E-state index in [-0.39, 0.29) is 17.9 Å². The minimum Gasteiger partial charge on any atom is -0.465 e. The van der Waals surface area contributed by atoms with Crippen molar-refractivity contribution in [3.05, 3.63) is 0 Å². The highest BCUT2D eigenvalue weighted by molar-refractivity contribution is 8.00. The summed E-state index contributed by atoms with van der Waals surface area (Å²) in [6.07, 6.45) is 0. The lowest BCUT2D eigenvalue weighted by Gasteiger charge is -2.27. The number of hydrogen-bond donors (Lipinski definition) is 2. The zero-order chi connectivity index (χ0) is 14.9. The first-order chi connectivity index (χ1) is 8.85. The Morgan fingerprint density at radius 1 is 1.32 bits per heavy atom. The number of amides is 1. The molecule has 5 nitrogen and oxygen atoms in total. The van der Waals surface area contributed by atoms with Crippen molar-refractivity contribution in [3.63, 3.8) is 0 Å². The van der Waals surface area contributed by atoms with Crippen LogP contribution >= 0.6 is 11.8 Å². The molecule has 0 aromatic carbocycles. The molecule has 0 bridgehead atoms. The van der Waals surface area contributed by atoms with E-state index in [0.29, 0.717) is 24.7 Å². The second-order valence-corrected chi connectivity index (χ2v) is 5.78. The Balaban J connectivity index is 4.28. The van der Waals surface area contributed by atoms with E-state index in [1.54, 1.807) is 6.92 Å². The number of nitrogens with one attached hydrogen (secondary N) is 2. The maximum Gasteiger partial charge on any atom is 0.326 e. The van der Waals surface area contributed by atoms with Gasteiger partial charge in [-0.05, 0) is 34.2 Å². The van der Waals surface area contributed by atoms with Gasteiger partial charge in [0.2, 0.25) is 5.91 Å². The number of ether oxygens (including phenoxy) is 1. The van der Waals surface area contributed by atoms with E-state index in [2.05, 4.69) is 10.6 Å². The summed E-state index contributed by atoms with van der Waals surface area (Å²) < 4.78 is 5.07. The van der Waals surface area contributed by atoms with Crippen LogP contribution in [0.4, 0.5) is 0 Å². The quantitative estimate of drug-likeness (QED) is 0.624. The molecule has 112 valence electrons. The Kier molecular flexibility index (Phi) is 8.84. The lowest BCUT2D eigenvalue weighted by Crippen LogP contribution is -2.52. The van der Waals surface area contributed by atoms with Crippen molar-refractivity contribution in [1.82, 2.24) is 10.6 Å². The van der Waals surface area contributed by atoms with Gasteiger partial charge in [-0.2, -0.15) is 0 Å². The van der Waals surface area contributed by atoms with Crippen LogP contribution in [0.25, 0.3) is 0 Å². The molecule has 0 aliphatic rings. The summed E-state index contributed by atoms with van der Waals surface area (Å²) in [5.41, 5.74) is -0.743. The predicted octanol–water partition coefficient (Wildman–Crippen LogP) is 1.18. The van der Waals surface area contributed by atoms with Crippen LogP contribution in [0, 0.1) is 0 Å². The summed E-state index contributed by atoms with van der Waals surface area (Å²) in [4.78, 5) is 23.4. The molecule has 1 atom stereocenters. The second kappa shape index (κ2) is 9.20. The van der Waals surface area contributed by atoms with Crippen LogP contribution in [0.2, 0.25) is 0 Å². The van der Waals surface area contributed by atoms with Gasteiger partial charge in [0.15, 0.2) is 0 Å². The highest BCUT2D eigenvalue weighted by Crippen LogP contribution is 2.15. The SMILES string of the molecule is CCNC(C)(CSCC(=O)NC(C)C)C(=O)OCC.